The van der Waals surface area contributed by atoms with Gasteiger partial charge in [0.15, 0.2) is 8.32 Å². The second-order valence-corrected chi connectivity index (χ2v) is 13.7. The molecule has 23 heavy (non-hydrogen) atoms. The molecular formula is C17H33NO4Si. The van der Waals surface area contributed by atoms with Crippen LogP contribution < -0.4 is 0 Å². The Labute approximate surface area is 141 Å². The molecule has 0 aromatic carbocycles. The Bertz CT molecular complexity index is 448. The van der Waals surface area contributed by atoms with E-state index in [0.29, 0.717) is 26.0 Å². The highest BCUT2D eigenvalue weighted by molar-refractivity contribution is 6.74. The molecule has 1 rings (SSSR count). The van der Waals surface area contributed by atoms with Gasteiger partial charge in [-0.05, 0) is 38.9 Å². The van der Waals surface area contributed by atoms with Crippen LogP contribution in [0.2, 0.25) is 18.1 Å². The summed E-state index contributed by atoms with van der Waals surface area (Å²) in [6.45, 7) is 17.2. The molecule has 0 unspecified atom stereocenters. The lowest BCUT2D eigenvalue weighted by atomic mass is 10.0. The first-order chi connectivity index (χ1) is 10.2. The Hall–Kier alpha value is -0.883. The highest BCUT2D eigenvalue weighted by atomic mass is 28.4. The van der Waals surface area contributed by atoms with Gasteiger partial charge >= 0.3 is 6.09 Å². The number of amides is 1. The number of nitrogens with zero attached hydrogens (tertiary/aromatic N) is 1. The highest BCUT2D eigenvalue weighted by Gasteiger charge is 2.40. The van der Waals surface area contributed by atoms with E-state index in [1.807, 2.05) is 20.8 Å². The van der Waals surface area contributed by atoms with E-state index in [0.717, 1.165) is 0 Å². The first-order valence-corrected chi connectivity index (χ1v) is 11.3. The summed E-state index contributed by atoms with van der Waals surface area (Å²) in [6.07, 6.45) is 0.401. The zero-order chi connectivity index (χ0) is 18.1. The van der Waals surface area contributed by atoms with Gasteiger partial charge in [0.25, 0.3) is 0 Å². The number of rotatable bonds is 3. The van der Waals surface area contributed by atoms with E-state index in [1.54, 1.807) is 4.90 Å². The third-order valence-corrected chi connectivity index (χ3v) is 9.11. The molecule has 1 saturated heterocycles. The number of hydrogen-bond donors (Lipinski definition) is 0. The van der Waals surface area contributed by atoms with Crippen LogP contribution >= 0.6 is 0 Å². The van der Waals surface area contributed by atoms with Crippen LogP contribution in [-0.4, -0.2) is 49.9 Å². The summed E-state index contributed by atoms with van der Waals surface area (Å²) in [5.41, 5.74) is -0.538. The topological polar surface area (TPSA) is 55.8 Å². The Morgan fingerprint density at radius 1 is 1.22 bits per heavy atom. The first kappa shape index (κ1) is 20.2. The summed E-state index contributed by atoms with van der Waals surface area (Å²) in [6, 6.07) is -0.222. The number of likely N-dealkylation sites (tertiary alicyclic amines) is 1. The summed E-state index contributed by atoms with van der Waals surface area (Å²) in [5.74, 6) is 0.189. The monoisotopic (exact) mass is 343 g/mol. The molecule has 0 aromatic heterocycles. The van der Waals surface area contributed by atoms with Gasteiger partial charge in [0, 0.05) is 19.4 Å². The average Bonchev–Trinajstić information content (AvgIpc) is 2.32. The van der Waals surface area contributed by atoms with Crippen molar-refractivity contribution in [2.75, 3.05) is 13.2 Å². The minimum absolute atomic E-state index is 0.0996. The maximum absolute atomic E-state index is 12.4. The van der Waals surface area contributed by atoms with Gasteiger partial charge in [0.05, 0.1) is 12.6 Å². The molecule has 134 valence electrons. The van der Waals surface area contributed by atoms with Crippen molar-refractivity contribution in [3.05, 3.63) is 0 Å². The van der Waals surface area contributed by atoms with Crippen LogP contribution in [0, 0.1) is 0 Å². The van der Waals surface area contributed by atoms with Crippen LogP contribution in [0.5, 0.6) is 0 Å². The Kier molecular flexibility index (Phi) is 6.07. The van der Waals surface area contributed by atoms with E-state index >= 15 is 0 Å². The number of carbonyl (C=O) groups is 2. The molecule has 0 aliphatic carbocycles. The Balaban J connectivity index is 2.78. The van der Waals surface area contributed by atoms with E-state index in [1.165, 1.54) is 0 Å². The maximum Gasteiger partial charge on any atom is 0.410 e. The molecule has 1 amide bonds. The summed E-state index contributed by atoms with van der Waals surface area (Å²) in [4.78, 5) is 25.9. The van der Waals surface area contributed by atoms with Gasteiger partial charge in [-0.25, -0.2) is 4.79 Å². The van der Waals surface area contributed by atoms with Crippen molar-refractivity contribution in [1.29, 1.82) is 0 Å². The molecule has 1 fully saturated rings. The molecule has 1 heterocycles. The number of ketones is 1. The van der Waals surface area contributed by atoms with Crippen LogP contribution in [0.25, 0.3) is 0 Å². The van der Waals surface area contributed by atoms with Crippen molar-refractivity contribution >= 4 is 20.2 Å². The number of hydrogen-bond acceptors (Lipinski definition) is 4. The van der Waals surface area contributed by atoms with E-state index < -0.39 is 13.9 Å². The lowest BCUT2D eigenvalue weighted by Gasteiger charge is -2.40. The predicted molar refractivity (Wildman–Crippen MR) is 94.1 cm³/mol. The molecule has 5 nitrogen and oxygen atoms in total. The Morgan fingerprint density at radius 3 is 2.26 bits per heavy atom. The van der Waals surface area contributed by atoms with Crippen molar-refractivity contribution in [3.8, 4) is 0 Å². The minimum atomic E-state index is -1.91. The maximum atomic E-state index is 12.4. The largest absolute Gasteiger partial charge is 0.444 e. The normalized spacial score (nSPS) is 20.6. The molecular weight excluding hydrogens is 310 g/mol. The van der Waals surface area contributed by atoms with Crippen molar-refractivity contribution in [1.82, 2.24) is 4.90 Å². The van der Waals surface area contributed by atoms with Gasteiger partial charge < -0.3 is 14.1 Å². The standard InChI is InChI=1S/C17H33NO4Si/c1-16(2,3)22-15(20)18-10-9-14(19)11-13(18)12-21-23(7,8)17(4,5)6/h13H,9-12H2,1-8H3/t13-/m1/s1. The van der Waals surface area contributed by atoms with Gasteiger partial charge in [0.2, 0.25) is 0 Å². The van der Waals surface area contributed by atoms with Crippen molar-refractivity contribution in [3.63, 3.8) is 0 Å². The van der Waals surface area contributed by atoms with E-state index in [4.69, 9.17) is 9.16 Å². The van der Waals surface area contributed by atoms with Crippen LogP contribution in [0.15, 0.2) is 0 Å². The van der Waals surface area contributed by atoms with Gasteiger partial charge in [-0.3, -0.25) is 4.79 Å². The number of carbonyl (C=O) groups excluding carboxylic acids is 2. The van der Waals surface area contributed by atoms with Gasteiger partial charge in [-0.1, -0.05) is 20.8 Å². The zero-order valence-corrected chi connectivity index (χ0v) is 17.0. The smallest absolute Gasteiger partial charge is 0.410 e. The van der Waals surface area contributed by atoms with Crippen LogP contribution in [-0.2, 0) is 14.0 Å². The molecule has 0 radical (unpaired) electrons. The minimum Gasteiger partial charge on any atom is -0.444 e. The fourth-order valence-corrected chi connectivity index (χ4v) is 3.18. The molecule has 0 bridgehead atoms. The summed E-state index contributed by atoms with van der Waals surface area (Å²) in [5, 5.41) is 0.0996. The fraction of sp³-hybridized carbons (Fsp3) is 0.882. The molecule has 1 aliphatic rings. The van der Waals surface area contributed by atoms with Gasteiger partial charge in [-0.15, -0.1) is 0 Å². The summed E-state index contributed by atoms with van der Waals surface area (Å²) < 4.78 is 11.7. The Morgan fingerprint density at radius 2 is 1.78 bits per heavy atom. The first-order valence-electron chi connectivity index (χ1n) is 8.38. The molecule has 1 atom stereocenters. The third kappa shape index (κ3) is 5.92. The molecule has 0 spiro atoms. The summed E-state index contributed by atoms with van der Waals surface area (Å²) in [7, 11) is -1.91. The molecule has 6 heteroatoms. The van der Waals surface area contributed by atoms with Gasteiger partial charge in [0.1, 0.15) is 11.4 Å². The lowest BCUT2D eigenvalue weighted by molar-refractivity contribution is -0.123. The van der Waals surface area contributed by atoms with Crippen molar-refractivity contribution in [2.45, 2.75) is 84.2 Å². The van der Waals surface area contributed by atoms with E-state index in [9.17, 15) is 9.59 Å². The molecule has 0 saturated carbocycles. The number of piperidine rings is 1. The van der Waals surface area contributed by atoms with Gasteiger partial charge in [-0.2, -0.15) is 0 Å². The van der Waals surface area contributed by atoms with E-state index in [-0.39, 0.29) is 23.0 Å². The fourth-order valence-electron chi connectivity index (χ4n) is 2.13. The van der Waals surface area contributed by atoms with Crippen molar-refractivity contribution in [2.24, 2.45) is 0 Å². The van der Waals surface area contributed by atoms with Crippen LogP contribution in [0.3, 0.4) is 0 Å². The highest BCUT2D eigenvalue weighted by Crippen LogP contribution is 2.37. The number of ether oxygens (including phenoxy) is 1. The van der Waals surface area contributed by atoms with Crippen LogP contribution in [0.1, 0.15) is 54.4 Å². The second-order valence-electron chi connectivity index (χ2n) is 8.89. The summed E-state index contributed by atoms with van der Waals surface area (Å²) >= 11 is 0. The zero-order valence-electron chi connectivity index (χ0n) is 16.0. The molecule has 1 aliphatic heterocycles. The average molecular weight is 344 g/mol. The van der Waals surface area contributed by atoms with Crippen LogP contribution in [0.4, 0.5) is 4.79 Å². The predicted octanol–water partition coefficient (Wildman–Crippen LogP) is 3.98. The molecule has 0 aromatic rings. The van der Waals surface area contributed by atoms with E-state index in [2.05, 4.69) is 33.9 Å². The number of Topliss-reactive ketones (excluding diaryl/α,β-unsaturated/α-hetero) is 1. The second kappa shape index (κ2) is 6.93. The third-order valence-electron chi connectivity index (χ3n) is 4.61. The molecule has 0 N–H and O–H groups in total. The quantitative estimate of drug-likeness (QED) is 0.727. The lowest BCUT2D eigenvalue weighted by Crippen LogP contribution is -2.52. The van der Waals surface area contributed by atoms with Crippen molar-refractivity contribution < 1.29 is 18.8 Å². The SMILES string of the molecule is CC(C)(C)OC(=O)N1CCC(=O)C[C@@H]1CO[Si](C)(C)C(C)(C)C.